The highest BCUT2D eigenvalue weighted by Crippen LogP contribution is 2.26. The molecule has 0 spiro atoms. The van der Waals surface area contributed by atoms with E-state index in [2.05, 4.69) is 0 Å². The zero-order valence-electron chi connectivity index (χ0n) is 14.9. The molecule has 0 N–H and O–H groups in total. The van der Waals surface area contributed by atoms with Gasteiger partial charge in [-0.15, -0.1) is 0 Å². The van der Waals surface area contributed by atoms with E-state index in [1.165, 1.54) is 25.1 Å². The Labute approximate surface area is 155 Å². The van der Waals surface area contributed by atoms with Gasteiger partial charge in [0.15, 0.2) is 11.9 Å². The lowest BCUT2D eigenvalue weighted by atomic mass is 10.1. The lowest BCUT2D eigenvalue weighted by Crippen LogP contribution is -2.44. The molecule has 1 atom stereocenters. The zero-order valence-corrected chi connectivity index (χ0v) is 14.9. The van der Waals surface area contributed by atoms with Crippen LogP contribution in [0.3, 0.4) is 0 Å². The van der Waals surface area contributed by atoms with Crippen molar-refractivity contribution < 1.29 is 28.2 Å². The number of ether oxygens (including phenoxy) is 2. The van der Waals surface area contributed by atoms with E-state index < -0.39 is 36.1 Å². The highest BCUT2D eigenvalue weighted by atomic mass is 19.1. The molecule has 2 amide bonds. The molecule has 1 heterocycles. The van der Waals surface area contributed by atoms with E-state index in [1.54, 1.807) is 25.1 Å². The standard InChI is InChI=1S/C20H18FNO5/c1-3-26-17-9-8-13(21)10-15(17)16(23)11-22-19(24)12(2)27-18-7-5-4-6-14(18)20(22)25/h4-10,12H,3,11H2,1-2H3/t12-/m1/s1. The van der Waals surface area contributed by atoms with E-state index in [1.807, 2.05) is 0 Å². The molecule has 2 aromatic carbocycles. The predicted molar refractivity (Wildman–Crippen MR) is 94.5 cm³/mol. The number of hydrogen-bond acceptors (Lipinski definition) is 5. The number of ketones is 1. The van der Waals surface area contributed by atoms with Crippen LogP contribution in [0.1, 0.15) is 34.6 Å². The number of fused-ring (bicyclic) bond motifs is 1. The van der Waals surface area contributed by atoms with Crippen molar-refractivity contribution >= 4 is 17.6 Å². The van der Waals surface area contributed by atoms with E-state index >= 15 is 0 Å². The van der Waals surface area contributed by atoms with Crippen LogP contribution >= 0.6 is 0 Å². The first-order valence-corrected chi connectivity index (χ1v) is 8.49. The molecule has 0 unspecified atom stereocenters. The van der Waals surface area contributed by atoms with E-state index in [4.69, 9.17) is 9.47 Å². The molecule has 7 heteroatoms. The minimum atomic E-state index is -0.940. The summed E-state index contributed by atoms with van der Waals surface area (Å²) in [6.45, 7) is 2.98. The maximum atomic E-state index is 13.6. The molecular formula is C20H18FNO5. The number of carbonyl (C=O) groups is 3. The molecule has 1 aliphatic heterocycles. The summed E-state index contributed by atoms with van der Waals surface area (Å²) >= 11 is 0. The van der Waals surface area contributed by atoms with Crippen molar-refractivity contribution in [1.29, 1.82) is 0 Å². The van der Waals surface area contributed by atoms with Crippen LogP contribution in [0, 0.1) is 5.82 Å². The number of amides is 2. The quantitative estimate of drug-likeness (QED) is 0.597. The van der Waals surface area contributed by atoms with Crippen LogP contribution in [-0.2, 0) is 4.79 Å². The van der Waals surface area contributed by atoms with Gasteiger partial charge in [0.25, 0.3) is 11.8 Å². The summed E-state index contributed by atoms with van der Waals surface area (Å²) in [6, 6.07) is 9.99. The molecule has 27 heavy (non-hydrogen) atoms. The second-order valence-corrected chi connectivity index (χ2v) is 5.98. The monoisotopic (exact) mass is 371 g/mol. The van der Waals surface area contributed by atoms with Crippen LogP contribution in [0.25, 0.3) is 0 Å². The summed E-state index contributed by atoms with van der Waals surface area (Å²) in [5.74, 6) is -2.02. The third-order valence-electron chi connectivity index (χ3n) is 4.12. The van der Waals surface area contributed by atoms with E-state index in [0.29, 0.717) is 0 Å². The third kappa shape index (κ3) is 3.67. The highest BCUT2D eigenvalue weighted by molar-refractivity contribution is 6.12. The van der Waals surface area contributed by atoms with Gasteiger partial charge in [0.05, 0.1) is 24.3 Å². The molecular weight excluding hydrogens is 353 g/mol. The number of nitrogens with zero attached hydrogens (tertiary/aromatic N) is 1. The molecule has 0 radical (unpaired) electrons. The lowest BCUT2D eigenvalue weighted by Gasteiger charge is -2.20. The van der Waals surface area contributed by atoms with Crippen LogP contribution in [0.5, 0.6) is 11.5 Å². The van der Waals surface area contributed by atoms with Gasteiger partial charge >= 0.3 is 0 Å². The average Bonchev–Trinajstić information content (AvgIpc) is 2.74. The topological polar surface area (TPSA) is 72.9 Å². The number of halogens is 1. The molecule has 0 fully saturated rings. The lowest BCUT2D eigenvalue weighted by molar-refractivity contribution is -0.134. The van der Waals surface area contributed by atoms with Gasteiger partial charge in [-0.3, -0.25) is 19.3 Å². The molecule has 1 aliphatic rings. The number of carbonyl (C=O) groups excluding carboxylic acids is 3. The van der Waals surface area contributed by atoms with Gasteiger partial charge in [-0.1, -0.05) is 12.1 Å². The van der Waals surface area contributed by atoms with Crippen LogP contribution in [0.2, 0.25) is 0 Å². The van der Waals surface area contributed by atoms with Crippen molar-refractivity contribution in [3.8, 4) is 11.5 Å². The SMILES string of the molecule is CCOc1ccc(F)cc1C(=O)CN1C(=O)c2ccccc2O[C@H](C)C1=O. The van der Waals surface area contributed by atoms with Gasteiger partial charge in [0, 0.05) is 0 Å². The van der Waals surface area contributed by atoms with Gasteiger partial charge in [-0.2, -0.15) is 0 Å². The fourth-order valence-corrected chi connectivity index (χ4v) is 2.83. The van der Waals surface area contributed by atoms with Crippen molar-refractivity contribution in [2.75, 3.05) is 13.2 Å². The van der Waals surface area contributed by atoms with Gasteiger partial charge in [0.2, 0.25) is 0 Å². The number of Topliss-reactive ketones (excluding diaryl/α,β-unsaturated/α-hetero) is 1. The molecule has 0 aliphatic carbocycles. The molecule has 0 bridgehead atoms. The van der Waals surface area contributed by atoms with Crippen LogP contribution < -0.4 is 9.47 Å². The number of imide groups is 1. The molecule has 0 saturated heterocycles. The summed E-state index contributed by atoms with van der Waals surface area (Å²) in [6.07, 6.45) is -0.940. The first-order chi connectivity index (χ1) is 12.9. The van der Waals surface area contributed by atoms with Crippen LogP contribution in [-0.4, -0.2) is 41.8 Å². The maximum Gasteiger partial charge on any atom is 0.270 e. The van der Waals surface area contributed by atoms with Crippen molar-refractivity contribution in [3.05, 3.63) is 59.4 Å². The Morgan fingerprint density at radius 2 is 1.96 bits per heavy atom. The Hall–Kier alpha value is -3.22. The van der Waals surface area contributed by atoms with E-state index in [9.17, 15) is 18.8 Å². The minimum Gasteiger partial charge on any atom is -0.493 e. The van der Waals surface area contributed by atoms with Crippen molar-refractivity contribution in [2.24, 2.45) is 0 Å². The average molecular weight is 371 g/mol. The maximum absolute atomic E-state index is 13.6. The number of para-hydroxylation sites is 1. The number of benzene rings is 2. The van der Waals surface area contributed by atoms with Crippen LogP contribution in [0.4, 0.5) is 4.39 Å². The fourth-order valence-electron chi connectivity index (χ4n) is 2.83. The summed E-state index contributed by atoms with van der Waals surface area (Å²) < 4.78 is 24.5. The normalized spacial score (nSPS) is 16.4. The smallest absolute Gasteiger partial charge is 0.270 e. The highest BCUT2D eigenvalue weighted by Gasteiger charge is 2.35. The van der Waals surface area contributed by atoms with Crippen molar-refractivity contribution in [2.45, 2.75) is 20.0 Å². The molecule has 140 valence electrons. The molecule has 0 aromatic heterocycles. The summed E-state index contributed by atoms with van der Waals surface area (Å²) in [7, 11) is 0. The van der Waals surface area contributed by atoms with Crippen LogP contribution in [0.15, 0.2) is 42.5 Å². The molecule has 2 aromatic rings. The zero-order chi connectivity index (χ0) is 19.6. The number of rotatable bonds is 5. The summed E-state index contributed by atoms with van der Waals surface area (Å²) in [5, 5.41) is 0. The summed E-state index contributed by atoms with van der Waals surface area (Å²) in [4.78, 5) is 39.0. The minimum absolute atomic E-state index is 0.0245. The van der Waals surface area contributed by atoms with Gasteiger partial charge in [-0.05, 0) is 44.2 Å². The Kier molecular flexibility index (Phi) is 5.21. The first-order valence-electron chi connectivity index (χ1n) is 8.49. The summed E-state index contributed by atoms with van der Waals surface area (Å²) in [5.41, 5.74) is 0.163. The van der Waals surface area contributed by atoms with Gasteiger partial charge in [0.1, 0.15) is 17.3 Å². The Morgan fingerprint density at radius 1 is 1.22 bits per heavy atom. The third-order valence-corrected chi connectivity index (χ3v) is 4.12. The Balaban J connectivity index is 1.94. The fraction of sp³-hybridized carbons (Fsp3) is 0.250. The molecule has 6 nitrogen and oxygen atoms in total. The molecule has 3 rings (SSSR count). The Bertz CT molecular complexity index is 911. The second kappa shape index (κ2) is 7.57. The van der Waals surface area contributed by atoms with Crippen molar-refractivity contribution in [1.82, 2.24) is 4.90 Å². The Morgan fingerprint density at radius 3 is 2.70 bits per heavy atom. The van der Waals surface area contributed by atoms with E-state index in [0.717, 1.165) is 11.0 Å². The first kappa shape index (κ1) is 18.6. The molecule has 0 saturated carbocycles. The van der Waals surface area contributed by atoms with E-state index in [-0.39, 0.29) is 29.2 Å². The van der Waals surface area contributed by atoms with Gasteiger partial charge < -0.3 is 9.47 Å². The van der Waals surface area contributed by atoms with Crippen molar-refractivity contribution in [3.63, 3.8) is 0 Å². The second-order valence-electron chi connectivity index (χ2n) is 5.98. The largest absolute Gasteiger partial charge is 0.493 e. The predicted octanol–water partition coefficient (Wildman–Crippen LogP) is 2.86. The number of hydrogen-bond donors (Lipinski definition) is 0. The van der Waals surface area contributed by atoms with Gasteiger partial charge in [-0.25, -0.2) is 4.39 Å².